The van der Waals surface area contributed by atoms with Crippen molar-refractivity contribution in [3.8, 4) is 0 Å². The molecule has 0 bridgehead atoms. The minimum atomic E-state index is 0.958. The van der Waals surface area contributed by atoms with Gasteiger partial charge in [-0.15, -0.1) is 11.3 Å². The molecule has 0 fully saturated rings. The molecule has 0 spiro atoms. The smallest absolute Gasteiger partial charge is 0.0342 e. The van der Waals surface area contributed by atoms with Crippen molar-refractivity contribution in [2.75, 3.05) is 0 Å². The summed E-state index contributed by atoms with van der Waals surface area (Å²) in [5.41, 5.74) is 2.61. The molecule has 16 heavy (non-hydrogen) atoms. The van der Waals surface area contributed by atoms with Gasteiger partial charge in [0.1, 0.15) is 0 Å². The predicted octanol–water partition coefficient (Wildman–Crippen LogP) is 3.89. The topological polar surface area (TPSA) is 12.9 Å². The van der Waals surface area contributed by atoms with E-state index >= 15 is 0 Å². The molecule has 0 aliphatic carbocycles. The Balaban J connectivity index is 1.94. The summed E-state index contributed by atoms with van der Waals surface area (Å²) in [5.74, 6) is 0. The van der Waals surface area contributed by atoms with Gasteiger partial charge in [0.2, 0.25) is 0 Å². The van der Waals surface area contributed by atoms with Crippen molar-refractivity contribution in [2.24, 2.45) is 0 Å². The van der Waals surface area contributed by atoms with Crippen LogP contribution in [-0.4, -0.2) is 4.98 Å². The number of hydrogen-bond acceptors (Lipinski definition) is 2. The average molecular weight is 225 g/mol. The Morgan fingerprint density at radius 2 is 2.06 bits per heavy atom. The molecule has 78 valence electrons. The predicted molar refractivity (Wildman–Crippen MR) is 68.9 cm³/mol. The number of rotatable bonds is 2. The first-order valence-electron chi connectivity index (χ1n) is 5.27. The van der Waals surface area contributed by atoms with Gasteiger partial charge in [-0.2, -0.15) is 0 Å². The molecule has 3 rings (SSSR count). The maximum Gasteiger partial charge on any atom is 0.0342 e. The van der Waals surface area contributed by atoms with Gasteiger partial charge in [-0.3, -0.25) is 4.98 Å². The molecule has 0 atom stereocenters. The SMILES string of the molecule is c1cncc(Cc2ccc3sccc3c2)c1. The minimum absolute atomic E-state index is 0.958. The fourth-order valence-corrected chi connectivity index (χ4v) is 2.64. The highest BCUT2D eigenvalue weighted by Gasteiger charge is 1.99. The van der Waals surface area contributed by atoms with Crippen LogP contribution in [0, 0.1) is 0 Å². The maximum absolute atomic E-state index is 4.14. The Bertz CT molecular complexity index is 598. The van der Waals surface area contributed by atoms with E-state index in [1.807, 2.05) is 18.5 Å². The molecule has 2 aromatic heterocycles. The molecule has 3 aromatic rings. The third-order valence-electron chi connectivity index (χ3n) is 2.65. The van der Waals surface area contributed by atoms with Gasteiger partial charge >= 0.3 is 0 Å². The molecule has 0 N–H and O–H groups in total. The van der Waals surface area contributed by atoms with Gasteiger partial charge in [-0.05, 0) is 52.6 Å². The van der Waals surface area contributed by atoms with Gasteiger partial charge in [0.15, 0.2) is 0 Å². The van der Waals surface area contributed by atoms with Crippen molar-refractivity contribution in [1.82, 2.24) is 4.98 Å². The lowest BCUT2D eigenvalue weighted by Gasteiger charge is -2.01. The van der Waals surface area contributed by atoms with Crippen LogP contribution in [0.3, 0.4) is 0 Å². The third-order valence-corrected chi connectivity index (χ3v) is 3.55. The van der Waals surface area contributed by atoms with E-state index in [0.29, 0.717) is 0 Å². The van der Waals surface area contributed by atoms with E-state index in [2.05, 4.69) is 40.7 Å². The summed E-state index contributed by atoms with van der Waals surface area (Å²) in [6.07, 6.45) is 4.70. The Morgan fingerprint density at radius 3 is 2.94 bits per heavy atom. The maximum atomic E-state index is 4.14. The first-order valence-corrected chi connectivity index (χ1v) is 6.15. The molecule has 0 amide bonds. The highest BCUT2D eigenvalue weighted by atomic mass is 32.1. The third kappa shape index (κ3) is 1.84. The zero-order valence-electron chi connectivity index (χ0n) is 8.76. The fraction of sp³-hybridized carbons (Fsp3) is 0.0714. The molecule has 0 saturated heterocycles. The number of aromatic nitrogens is 1. The monoisotopic (exact) mass is 225 g/mol. The van der Waals surface area contributed by atoms with Crippen molar-refractivity contribution in [1.29, 1.82) is 0 Å². The Labute approximate surface area is 98.4 Å². The van der Waals surface area contributed by atoms with E-state index in [0.717, 1.165) is 6.42 Å². The molecule has 0 aliphatic heterocycles. The van der Waals surface area contributed by atoms with E-state index in [1.165, 1.54) is 21.2 Å². The van der Waals surface area contributed by atoms with Crippen LogP contribution in [0.25, 0.3) is 10.1 Å². The molecular formula is C14H11NS. The van der Waals surface area contributed by atoms with Crippen LogP contribution in [0.5, 0.6) is 0 Å². The Kier molecular flexibility index (Phi) is 2.43. The number of hydrogen-bond donors (Lipinski definition) is 0. The zero-order valence-corrected chi connectivity index (χ0v) is 9.58. The fourth-order valence-electron chi connectivity index (χ4n) is 1.86. The Morgan fingerprint density at radius 1 is 1.06 bits per heavy atom. The molecule has 2 heteroatoms. The van der Waals surface area contributed by atoms with Crippen molar-refractivity contribution >= 4 is 21.4 Å². The molecular weight excluding hydrogens is 214 g/mol. The number of benzene rings is 1. The standard InChI is InChI=1S/C14H11NS/c1-2-12(10-15-6-1)8-11-3-4-14-13(9-11)5-7-16-14/h1-7,9-10H,8H2. The van der Waals surface area contributed by atoms with Gasteiger partial charge in [0.05, 0.1) is 0 Å². The van der Waals surface area contributed by atoms with Gasteiger partial charge in [-0.1, -0.05) is 12.1 Å². The van der Waals surface area contributed by atoms with Gasteiger partial charge < -0.3 is 0 Å². The summed E-state index contributed by atoms with van der Waals surface area (Å²) in [4.78, 5) is 4.14. The summed E-state index contributed by atoms with van der Waals surface area (Å²) < 4.78 is 1.36. The van der Waals surface area contributed by atoms with Crippen LogP contribution in [-0.2, 0) is 6.42 Å². The largest absolute Gasteiger partial charge is 0.264 e. The van der Waals surface area contributed by atoms with Crippen molar-refractivity contribution in [2.45, 2.75) is 6.42 Å². The summed E-state index contributed by atoms with van der Waals surface area (Å²) in [6.45, 7) is 0. The lowest BCUT2D eigenvalue weighted by Crippen LogP contribution is -1.87. The van der Waals surface area contributed by atoms with Crippen LogP contribution in [0.15, 0.2) is 54.2 Å². The number of thiophene rings is 1. The number of fused-ring (bicyclic) bond motifs is 1. The lowest BCUT2D eigenvalue weighted by atomic mass is 10.1. The van der Waals surface area contributed by atoms with Crippen LogP contribution < -0.4 is 0 Å². The van der Waals surface area contributed by atoms with E-state index in [1.54, 1.807) is 11.3 Å². The van der Waals surface area contributed by atoms with Gasteiger partial charge in [-0.25, -0.2) is 0 Å². The molecule has 0 radical (unpaired) electrons. The van der Waals surface area contributed by atoms with E-state index in [4.69, 9.17) is 0 Å². The van der Waals surface area contributed by atoms with Crippen molar-refractivity contribution < 1.29 is 0 Å². The van der Waals surface area contributed by atoms with Crippen LogP contribution >= 0.6 is 11.3 Å². The van der Waals surface area contributed by atoms with Gasteiger partial charge in [0.25, 0.3) is 0 Å². The highest BCUT2D eigenvalue weighted by Crippen LogP contribution is 2.22. The number of pyridine rings is 1. The molecule has 0 saturated carbocycles. The molecule has 2 heterocycles. The normalized spacial score (nSPS) is 10.8. The second kappa shape index (κ2) is 4.06. The lowest BCUT2D eigenvalue weighted by molar-refractivity contribution is 1.15. The second-order valence-corrected chi connectivity index (χ2v) is 4.78. The number of nitrogens with zero attached hydrogens (tertiary/aromatic N) is 1. The second-order valence-electron chi connectivity index (χ2n) is 3.83. The average Bonchev–Trinajstić information content (AvgIpc) is 2.77. The van der Waals surface area contributed by atoms with E-state index < -0.39 is 0 Å². The molecule has 0 unspecified atom stereocenters. The van der Waals surface area contributed by atoms with Crippen LogP contribution in [0.2, 0.25) is 0 Å². The quantitative estimate of drug-likeness (QED) is 0.645. The zero-order chi connectivity index (χ0) is 10.8. The van der Waals surface area contributed by atoms with Gasteiger partial charge in [0, 0.05) is 17.1 Å². The Hall–Kier alpha value is -1.67. The first-order chi connectivity index (χ1) is 7.92. The molecule has 0 aliphatic rings. The van der Waals surface area contributed by atoms with Crippen LogP contribution in [0.4, 0.5) is 0 Å². The van der Waals surface area contributed by atoms with Crippen molar-refractivity contribution in [3.63, 3.8) is 0 Å². The summed E-state index contributed by atoms with van der Waals surface area (Å²) in [7, 11) is 0. The minimum Gasteiger partial charge on any atom is -0.264 e. The summed E-state index contributed by atoms with van der Waals surface area (Å²) in [6, 6.07) is 12.9. The van der Waals surface area contributed by atoms with Crippen molar-refractivity contribution in [3.05, 3.63) is 65.3 Å². The van der Waals surface area contributed by atoms with E-state index in [-0.39, 0.29) is 0 Å². The highest BCUT2D eigenvalue weighted by molar-refractivity contribution is 7.17. The summed E-state index contributed by atoms with van der Waals surface area (Å²) >= 11 is 1.79. The van der Waals surface area contributed by atoms with E-state index in [9.17, 15) is 0 Å². The van der Waals surface area contributed by atoms with Crippen LogP contribution in [0.1, 0.15) is 11.1 Å². The first kappa shape index (κ1) is 9.55. The molecule has 1 aromatic carbocycles. The summed E-state index contributed by atoms with van der Waals surface area (Å²) in [5, 5.41) is 3.48. The molecule has 1 nitrogen and oxygen atoms in total.